The molecule has 1 heterocycles. The van der Waals surface area contributed by atoms with E-state index in [2.05, 4.69) is 26.6 Å². The lowest BCUT2D eigenvalue weighted by atomic mass is 10.0. The number of aliphatic imine (C=N–C) groups is 1. The number of hydrogen-bond donors (Lipinski definition) is 2. The fraction of sp³-hybridized carbons (Fsp3) is 0.579. The predicted molar refractivity (Wildman–Crippen MR) is 104 cm³/mol. The second-order valence-electron chi connectivity index (χ2n) is 6.91. The van der Waals surface area contributed by atoms with Crippen LogP contribution in [-0.4, -0.2) is 69.9 Å². The van der Waals surface area contributed by atoms with Crippen LogP contribution in [0.3, 0.4) is 0 Å². The van der Waals surface area contributed by atoms with E-state index in [1.165, 1.54) is 11.9 Å². The molecule has 1 saturated heterocycles. The third-order valence-electron chi connectivity index (χ3n) is 4.59. The number of hydrogen-bond acceptors (Lipinski definition) is 4. The first kappa shape index (κ1) is 21.8. The Bertz CT molecular complexity index is 698. The minimum Gasteiger partial charge on any atom is -0.368 e. The average molecular weight is 396 g/mol. The summed E-state index contributed by atoms with van der Waals surface area (Å²) < 4.78 is 37.1. The highest BCUT2D eigenvalue weighted by molar-refractivity contribution is 5.80. The summed E-state index contributed by atoms with van der Waals surface area (Å²) in [5.74, 6) is 0.570. The molecular formula is C19H27F3N6. The standard InChI is InChI=1S/C19H27F3N6/c1-24-18(25-9-11-27(2)14-19(20,21)22)26-16-7-5-10-28(13-16)17-8-4-3-6-15(17)12-23/h3-4,6,8,16H,5,7,9-11,13-14H2,1-2H3,(H2,24,25,26). The van der Waals surface area contributed by atoms with Crippen molar-refractivity contribution in [3.05, 3.63) is 29.8 Å². The van der Waals surface area contributed by atoms with Gasteiger partial charge in [0.15, 0.2) is 5.96 Å². The highest BCUT2D eigenvalue weighted by Crippen LogP contribution is 2.23. The highest BCUT2D eigenvalue weighted by Gasteiger charge is 2.29. The van der Waals surface area contributed by atoms with Crippen molar-refractivity contribution in [3.63, 3.8) is 0 Å². The molecule has 1 aromatic rings. The molecule has 1 aliphatic heterocycles. The lowest BCUT2D eigenvalue weighted by Gasteiger charge is -2.35. The summed E-state index contributed by atoms with van der Waals surface area (Å²) in [6, 6.07) is 9.90. The Morgan fingerprint density at radius 2 is 2.14 bits per heavy atom. The number of rotatable bonds is 6. The molecule has 0 aliphatic carbocycles. The van der Waals surface area contributed by atoms with Gasteiger partial charge in [-0.3, -0.25) is 9.89 Å². The number of piperidine rings is 1. The van der Waals surface area contributed by atoms with E-state index in [4.69, 9.17) is 0 Å². The summed E-state index contributed by atoms with van der Waals surface area (Å²) >= 11 is 0. The zero-order valence-electron chi connectivity index (χ0n) is 16.3. The van der Waals surface area contributed by atoms with Crippen molar-refractivity contribution in [2.45, 2.75) is 25.1 Å². The van der Waals surface area contributed by atoms with E-state index in [9.17, 15) is 18.4 Å². The Hall–Kier alpha value is -2.47. The molecule has 1 fully saturated rings. The summed E-state index contributed by atoms with van der Waals surface area (Å²) in [7, 11) is 3.08. The summed E-state index contributed by atoms with van der Waals surface area (Å²) in [5, 5.41) is 15.7. The highest BCUT2D eigenvalue weighted by atomic mass is 19.4. The summed E-state index contributed by atoms with van der Waals surface area (Å²) in [6.07, 6.45) is -2.26. The molecule has 9 heteroatoms. The van der Waals surface area contributed by atoms with Gasteiger partial charge in [-0.05, 0) is 32.0 Å². The summed E-state index contributed by atoms with van der Waals surface area (Å²) in [4.78, 5) is 7.58. The minimum absolute atomic E-state index is 0.139. The van der Waals surface area contributed by atoms with Crippen LogP contribution in [0.25, 0.3) is 0 Å². The Labute approximate surface area is 164 Å². The Kier molecular flexibility index (Phi) is 7.93. The molecule has 0 radical (unpaired) electrons. The molecular weight excluding hydrogens is 369 g/mol. The molecule has 1 aliphatic rings. The van der Waals surface area contributed by atoms with Crippen LogP contribution in [0, 0.1) is 11.3 Å². The molecule has 2 N–H and O–H groups in total. The monoisotopic (exact) mass is 396 g/mol. The Balaban J connectivity index is 1.85. The maximum atomic E-state index is 12.4. The second kappa shape index (κ2) is 10.2. The molecule has 28 heavy (non-hydrogen) atoms. The molecule has 1 aromatic carbocycles. The molecule has 0 aromatic heterocycles. The van der Waals surface area contributed by atoms with Gasteiger partial charge >= 0.3 is 6.18 Å². The van der Waals surface area contributed by atoms with Crippen molar-refractivity contribution in [1.29, 1.82) is 5.26 Å². The Morgan fingerprint density at radius 1 is 1.39 bits per heavy atom. The van der Waals surface area contributed by atoms with E-state index in [1.54, 1.807) is 7.05 Å². The van der Waals surface area contributed by atoms with Gasteiger partial charge in [-0.25, -0.2) is 0 Å². The van der Waals surface area contributed by atoms with Crippen LogP contribution in [0.4, 0.5) is 18.9 Å². The van der Waals surface area contributed by atoms with Crippen molar-refractivity contribution >= 4 is 11.6 Å². The predicted octanol–water partition coefficient (Wildman–Crippen LogP) is 2.19. The lowest BCUT2D eigenvalue weighted by Crippen LogP contribution is -2.52. The van der Waals surface area contributed by atoms with Crippen LogP contribution >= 0.6 is 0 Å². The smallest absolute Gasteiger partial charge is 0.368 e. The van der Waals surface area contributed by atoms with Gasteiger partial charge in [0.1, 0.15) is 6.07 Å². The van der Waals surface area contributed by atoms with Crippen molar-refractivity contribution in [3.8, 4) is 6.07 Å². The van der Waals surface area contributed by atoms with Gasteiger partial charge in [-0.2, -0.15) is 18.4 Å². The average Bonchev–Trinajstić information content (AvgIpc) is 2.66. The topological polar surface area (TPSA) is 66.7 Å². The van der Waals surface area contributed by atoms with Crippen LogP contribution in [0.15, 0.2) is 29.3 Å². The number of nitrogens with zero attached hydrogens (tertiary/aromatic N) is 4. The number of halogens is 3. The summed E-state index contributed by atoms with van der Waals surface area (Å²) in [5.41, 5.74) is 1.58. The lowest BCUT2D eigenvalue weighted by molar-refractivity contribution is -0.142. The molecule has 0 bridgehead atoms. The molecule has 1 unspecified atom stereocenters. The molecule has 2 rings (SSSR count). The zero-order chi connectivity index (χ0) is 20.6. The van der Waals surface area contributed by atoms with Crippen molar-refractivity contribution in [2.75, 3.05) is 51.7 Å². The SMILES string of the molecule is CN=C(NCCN(C)CC(F)(F)F)NC1CCCN(c2ccccc2C#N)C1. The number of anilines is 1. The quantitative estimate of drug-likeness (QED) is 0.570. The van der Waals surface area contributed by atoms with E-state index in [0.29, 0.717) is 18.1 Å². The number of alkyl halides is 3. The first-order valence-electron chi connectivity index (χ1n) is 9.29. The first-order valence-corrected chi connectivity index (χ1v) is 9.29. The van der Waals surface area contributed by atoms with Gasteiger partial charge in [0.05, 0.1) is 17.8 Å². The van der Waals surface area contributed by atoms with Gasteiger partial charge in [0, 0.05) is 39.3 Å². The number of para-hydroxylation sites is 1. The number of likely N-dealkylation sites (N-methyl/N-ethyl adjacent to an activating group) is 1. The van der Waals surface area contributed by atoms with E-state index < -0.39 is 12.7 Å². The fourth-order valence-electron chi connectivity index (χ4n) is 3.30. The Morgan fingerprint density at radius 3 is 2.82 bits per heavy atom. The van der Waals surface area contributed by atoms with Crippen LogP contribution in [0.5, 0.6) is 0 Å². The number of guanidine groups is 1. The van der Waals surface area contributed by atoms with Crippen LogP contribution < -0.4 is 15.5 Å². The normalized spacial score (nSPS) is 18.1. The molecule has 0 saturated carbocycles. The van der Waals surface area contributed by atoms with Crippen molar-refractivity contribution < 1.29 is 13.2 Å². The third-order valence-corrected chi connectivity index (χ3v) is 4.59. The number of benzene rings is 1. The van der Waals surface area contributed by atoms with E-state index in [0.717, 1.165) is 31.6 Å². The first-order chi connectivity index (χ1) is 13.3. The maximum Gasteiger partial charge on any atom is 0.401 e. The van der Waals surface area contributed by atoms with Gasteiger partial charge in [-0.1, -0.05) is 12.1 Å². The zero-order valence-corrected chi connectivity index (χ0v) is 16.3. The van der Waals surface area contributed by atoms with Crippen molar-refractivity contribution in [1.82, 2.24) is 15.5 Å². The van der Waals surface area contributed by atoms with Gasteiger partial charge < -0.3 is 15.5 Å². The minimum atomic E-state index is -4.19. The van der Waals surface area contributed by atoms with E-state index in [-0.39, 0.29) is 12.6 Å². The molecule has 154 valence electrons. The molecule has 0 amide bonds. The van der Waals surface area contributed by atoms with Crippen LogP contribution in [0.1, 0.15) is 18.4 Å². The molecule has 1 atom stereocenters. The summed E-state index contributed by atoms with van der Waals surface area (Å²) in [6.45, 7) is 1.29. The largest absolute Gasteiger partial charge is 0.401 e. The molecule has 0 spiro atoms. The van der Waals surface area contributed by atoms with Gasteiger partial charge in [-0.15, -0.1) is 0 Å². The van der Waals surface area contributed by atoms with Crippen LogP contribution in [0.2, 0.25) is 0 Å². The van der Waals surface area contributed by atoms with Gasteiger partial charge in [0.25, 0.3) is 0 Å². The van der Waals surface area contributed by atoms with Crippen LogP contribution in [-0.2, 0) is 0 Å². The maximum absolute atomic E-state index is 12.4. The number of nitriles is 1. The second-order valence-corrected chi connectivity index (χ2v) is 6.91. The van der Waals surface area contributed by atoms with E-state index in [1.807, 2.05) is 24.3 Å². The van der Waals surface area contributed by atoms with Gasteiger partial charge in [0.2, 0.25) is 0 Å². The number of nitrogens with one attached hydrogen (secondary N) is 2. The third kappa shape index (κ3) is 6.93. The fourth-order valence-corrected chi connectivity index (χ4v) is 3.30. The molecule has 6 nitrogen and oxygen atoms in total. The van der Waals surface area contributed by atoms with Crippen molar-refractivity contribution in [2.24, 2.45) is 4.99 Å². The van der Waals surface area contributed by atoms with E-state index >= 15 is 0 Å².